The Morgan fingerprint density at radius 1 is 1.56 bits per heavy atom. The summed E-state index contributed by atoms with van der Waals surface area (Å²) < 4.78 is 0. The number of urea groups is 1. The predicted molar refractivity (Wildman–Crippen MR) is 70.0 cm³/mol. The van der Waals surface area contributed by atoms with E-state index in [1.54, 1.807) is 5.38 Å². The highest BCUT2D eigenvalue weighted by atomic mass is 32.1. The first-order chi connectivity index (χ1) is 8.37. The number of nitrogens with zero attached hydrogens (tertiary/aromatic N) is 1. The van der Waals surface area contributed by atoms with Crippen LogP contribution in [0.3, 0.4) is 0 Å². The van der Waals surface area contributed by atoms with Gasteiger partial charge >= 0.3 is 12.0 Å². The average Bonchev–Trinajstić information content (AvgIpc) is 2.63. The van der Waals surface area contributed by atoms with Crippen LogP contribution in [0.2, 0.25) is 0 Å². The van der Waals surface area contributed by atoms with Gasteiger partial charge in [-0.2, -0.15) is 0 Å². The topological polar surface area (TPSA) is 91.3 Å². The summed E-state index contributed by atoms with van der Waals surface area (Å²) in [5.74, 6) is -1.05. The van der Waals surface area contributed by atoms with Crippen LogP contribution < -0.4 is 10.6 Å². The molecule has 0 aliphatic carbocycles. The summed E-state index contributed by atoms with van der Waals surface area (Å²) in [5, 5.41) is 16.4. The van der Waals surface area contributed by atoms with Gasteiger partial charge < -0.3 is 10.4 Å². The number of rotatable bonds is 5. The molecule has 3 N–H and O–H groups in total. The van der Waals surface area contributed by atoms with E-state index in [2.05, 4.69) is 15.6 Å². The molecule has 0 bridgehead atoms. The molecule has 2 amide bonds. The zero-order valence-electron chi connectivity index (χ0n) is 10.6. The summed E-state index contributed by atoms with van der Waals surface area (Å²) in [6.45, 7) is 5.18. The summed E-state index contributed by atoms with van der Waals surface area (Å²) in [4.78, 5) is 26.9. The number of aryl methyl sites for hydroxylation is 1. The first-order valence-corrected chi connectivity index (χ1v) is 6.50. The minimum absolute atomic E-state index is 0.368. The van der Waals surface area contributed by atoms with Crippen LogP contribution in [0.1, 0.15) is 32.4 Å². The van der Waals surface area contributed by atoms with E-state index < -0.39 is 17.5 Å². The lowest BCUT2D eigenvalue weighted by Crippen LogP contribution is -2.53. The second-order valence-electron chi connectivity index (χ2n) is 4.26. The van der Waals surface area contributed by atoms with Crippen molar-refractivity contribution in [3.63, 3.8) is 0 Å². The molecule has 6 nitrogen and oxygen atoms in total. The number of nitrogens with one attached hydrogen (secondary N) is 2. The Morgan fingerprint density at radius 2 is 2.22 bits per heavy atom. The molecule has 0 fully saturated rings. The van der Waals surface area contributed by atoms with Crippen molar-refractivity contribution in [3.8, 4) is 0 Å². The molecule has 1 atom stereocenters. The van der Waals surface area contributed by atoms with Crippen LogP contribution in [0.15, 0.2) is 5.38 Å². The number of hydrogen-bond acceptors (Lipinski definition) is 4. The Kier molecular flexibility index (Phi) is 4.66. The molecule has 18 heavy (non-hydrogen) atoms. The van der Waals surface area contributed by atoms with Crippen molar-refractivity contribution >= 4 is 28.5 Å². The van der Waals surface area contributed by atoms with Crippen molar-refractivity contribution in [2.24, 2.45) is 0 Å². The molecule has 1 unspecified atom stereocenters. The maximum Gasteiger partial charge on any atom is 0.329 e. The van der Waals surface area contributed by atoms with E-state index in [0.29, 0.717) is 18.0 Å². The van der Waals surface area contributed by atoms with E-state index in [4.69, 9.17) is 5.11 Å². The summed E-state index contributed by atoms with van der Waals surface area (Å²) in [5.41, 5.74) is -0.449. The van der Waals surface area contributed by atoms with Crippen molar-refractivity contribution in [3.05, 3.63) is 11.1 Å². The van der Waals surface area contributed by atoms with Crippen molar-refractivity contribution in [2.45, 2.75) is 39.2 Å². The zero-order chi connectivity index (χ0) is 13.8. The second kappa shape index (κ2) is 5.81. The lowest BCUT2D eigenvalue weighted by molar-refractivity contribution is -0.143. The highest BCUT2D eigenvalue weighted by Crippen LogP contribution is 2.16. The smallest absolute Gasteiger partial charge is 0.329 e. The number of anilines is 1. The number of aromatic nitrogens is 1. The SMILES string of the molecule is CCCC(C)(NC(=O)Nc1nc(C)cs1)C(=O)O. The molecule has 0 aliphatic heterocycles. The van der Waals surface area contributed by atoms with Crippen LogP contribution in [0, 0.1) is 6.92 Å². The van der Waals surface area contributed by atoms with E-state index in [1.165, 1.54) is 18.3 Å². The maximum atomic E-state index is 11.7. The molecule has 0 spiro atoms. The van der Waals surface area contributed by atoms with Gasteiger partial charge in [0.2, 0.25) is 0 Å². The highest BCUT2D eigenvalue weighted by molar-refractivity contribution is 7.13. The third kappa shape index (κ3) is 3.69. The number of aliphatic carboxylic acids is 1. The van der Waals surface area contributed by atoms with E-state index in [-0.39, 0.29) is 0 Å². The van der Waals surface area contributed by atoms with Gasteiger partial charge in [0.15, 0.2) is 5.13 Å². The molecule has 0 aliphatic rings. The van der Waals surface area contributed by atoms with Crippen molar-refractivity contribution in [1.29, 1.82) is 0 Å². The van der Waals surface area contributed by atoms with Gasteiger partial charge in [-0.3, -0.25) is 5.32 Å². The van der Waals surface area contributed by atoms with Crippen LogP contribution >= 0.6 is 11.3 Å². The third-order valence-electron chi connectivity index (χ3n) is 2.45. The van der Waals surface area contributed by atoms with E-state index in [9.17, 15) is 9.59 Å². The van der Waals surface area contributed by atoms with Crippen LogP contribution in [0.25, 0.3) is 0 Å². The Bertz CT molecular complexity index is 446. The molecule has 0 aromatic carbocycles. The molecule has 0 saturated heterocycles. The highest BCUT2D eigenvalue weighted by Gasteiger charge is 2.33. The summed E-state index contributed by atoms with van der Waals surface area (Å²) >= 11 is 1.30. The average molecular weight is 271 g/mol. The molecule has 100 valence electrons. The number of carboxylic acid groups (broad SMARTS) is 1. The Morgan fingerprint density at radius 3 is 2.67 bits per heavy atom. The number of carbonyl (C=O) groups excluding carboxylic acids is 1. The second-order valence-corrected chi connectivity index (χ2v) is 5.12. The number of carboxylic acids is 1. The van der Waals surface area contributed by atoms with Gasteiger partial charge in [0.25, 0.3) is 0 Å². The molecular weight excluding hydrogens is 254 g/mol. The fourth-order valence-electron chi connectivity index (χ4n) is 1.51. The minimum atomic E-state index is -1.26. The minimum Gasteiger partial charge on any atom is -0.480 e. The van der Waals surface area contributed by atoms with Gasteiger partial charge in [-0.15, -0.1) is 11.3 Å². The molecule has 1 aromatic heterocycles. The van der Waals surface area contributed by atoms with Gasteiger partial charge in [-0.05, 0) is 20.3 Å². The molecule has 0 radical (unpaired) electrons. The lowest BCUT2D eigenvalue weighted by atomic mass is 9.97. The lowest BCUT2D eigenvalue weighted by Gasteiger charge is -2.25. The predicted octanol–water partition coefficient (Wildman–Crippen LogP) is 2.22. The molecule has 7 heteroatoms. The van der Waals surface area contributed by atoms with Crippen molar-refractivity contribution in [2.75, 3.05) is 5.32 Å². The standard InChI is InChI=1S/C11H17N3O3S/c1-4-5-11(3,8(15)16)14-9(17)13-10-12-7(2)6-18-10/h6H,4-5H2,1-3H3,(H,15,16)(H2,12,13,14,17). The van der Waals surface area contributed by atoms with Crippen LogP contribution in [0.5, 0.6) is 0 Å². The van der Waals surface area contributed by atoms with E-state index in [0.717, 1.165) is 5.69 Å². The van der Waals surface area contributed by atoms with Gasteiger partial charge in [0.1, 0.15) is 5.54 Å². The normalized spacial score (nSPS) is 13.7. The largest absolute Gasteiger partial charge is 0.480 e. The summed E-state index contributed by atoms with van der Waals surface area (Å²) in [6, 6.07) is -0.553. The van der Waals surface area contributed by atoms with Gasteiger partial charge in [-0.25, -0.2) is 14.6 Å². The quantitative estimate of drug-likeness (QED) is 0.765. The van der Waals surface area contributed by atoms with Crippen LogP contribution in [0.4, 0.5) is 9.93 Å². The number of carbonyl (C=O) groups is 2. The third-order valence-corrected chi connectivity index (χ3v) is 3.33. The van der Waals surface area contributed by atoms with Crippen LogP contribution in [-0.4, -0.2) is 27.6 Å². The summed E-state index contributed by atoms with van der Waals surface area (Å²) in [6.07, 6.45) is 1.03. The summed E-state index contributed by atoms with van der Waals surface area (Å²) in [7, 11) is 0. The van der Waals surface area contributed by atoms with Crippen LogP contribution in [-0.2, 0) is 4.79 Å². The van der Waals surface area contributed by atoms with Gasteiger partial charge in [-0.1, -0.05) is 13.3 Å². The van der Waals surface area contributed by atoms with Crippen molar-refractivity contribution < 1.29 is 14.7 Å². The number of hydrogen-bond donors (Lipinski definition) is 3. The van der Waals surface area contributed by atoms with Crippen molar-refractivity contribution in [1.82, 2.24) is 10.3 Å². The Hall–Kier alpha value is -1.63. The Balaban J connectivity index is 2.65. The number of amides is 2. The molecule has 1 aromatic rings. The fraction of sp³-hybridized carbons (Fsp3) is 0.545. The fourth-order valence-corrected chi connectivity index (χ4v) is 2.20. The molecule has 1 rings (SSSR count). The maximum absolute atomic E-state index is 11.7. The first kappa shape index (κ1) is 14.4. The molecule has 0 saturated carbocycles. The monoisotopic (exact) mass is 271 g/mol. The van der Waals surface area contributed by atoms with Gasteiger partial charge in [0.05, 0.1) is 5.69 Å². The number of thiazole rings is 1. The molecular formula is C11H17N3O3S. The first-order valence-electron chi connectivity index (χ1n) is 5.62. The molecule has 1 heterocycles. The Labute approximate surface area is 109 Å². The van der Waals surface area contributed by atoms with E-state index in [1.807, 2.05) is 13.8 Å². The van der Waals surface area contributed by atoms with Gasteiger partial charge in [0, 0.05) is 5.38 Å². The zero-order valence-corrected chi connectivity index (χ0v) is 11.4. The van der Waals surface area contributed by atoms with E-state index >= 15 is 0 Å².